The lowest BCUT2D eigenvalue weighted by atomic mass is 10.2. The molecule has 0 saturated heterocycles. The number of rotatable bonds is 4. The number of carbonyl (C=O) groups is 1. The second kappa shape index (κ2) is 5.51. The van der Waals surface area contributed by atoms with Gasteiger partial charge in [0.1, 0.15) is 0 Å². The molecular formula is C12H14N4O3S. The van der Waals surface area contributed by atoms with Crippen molar-refractivity contribution in [1.82, 2.24) is 14.5 Å². The van der Waals surface area contributed by atoms with E-state index in [0.717, 1.165) is 21.5 Å². The molecule has 0 aliphatic heterocycles. The Morgan fingerprint density at radius 2 is 2.00 bits per heavy atom. The van der Waals surface area contributed by atoms with Crippen LogP contribution in [-0.4, -0.2) is 48.7 Å². The number of aromatic nitrogens is 2. The van der Waals surface area contributed by atoms with E-state index >= 15 is 0 Å². The van der Waals surface area contributed by atoms with Crippen LogP contribution in [0, 0.1) is 0 Å². The second-order valence-electron chi connectivity index (χ2n) is 4.36. The number of sulfonamides is 1. The van der Waals surface area contributed by atoms with Crippen LogP contribution in [0.4, 0.5) is 5.82 Å². The molecule has 0 unspecified atom stereocenters. The van der Waals surface area contributed by atoms with Crippen molar-refractivity contribution in [1.29, 1.82) is 0 Å². The fourth-order valence-corrected chi connectivity index (χ4v) is 1.90. The van der Waals surface area contributed by atoms with Crippen molar-refractivity contribution >= 4 is 32.7 Å². The number of nitrogens with one attached hydrogen (secondary N) is 1. The summed E-state index contributed by atoms with van der Waals surface area (Å²) in [4.78, 5) is 11.7. The predicted molar refractivity (Wildman–Crippen MR) is 75.6 cm³/mol. The number of amides is 1. The lowest BCUT2D eigenvalue weighted by molar-refractivity contribution is -0.116. The Morgan fingerprint density at radius 1 is 1.30 bits per heavy atom. The molecule has 106 valence electrons. The Morgan fingerprint density at radius 3 is 2.70 bits per heavy atom. The van der Waals surface area contributed by atoms with Gasteiger partial charge in [-0.25, -0.2) is 8.42 Å². The summed E-state index contributed by atoms with van der Waals surface area (Å²) in [5.41, 5.74) is 0.721. The highest BCUT2D eigenvalue weighted by molar-refractivity contribution is 7.88. The number of likely N-dealkylation sites (N-methyl/N-ethyl adjacent to an activating group) is 1. The van der Waals surface area contributed by atoms with Crippen molar-refractivity contribution in [2.45, 2.75) is 0 Å². The molecule has 1 aromatic carbocycles. The number of hydrogen-bond acceptors (Lipinski definition) is 5. The molecule has 2 aromatic rings. The zero-order valence-corrected chi connectivity index (χ0v) is 11.9. The molecule has 1 amide bonds. The molecule has 0 aliphatic rings. The summed E-state index contributed by atoms with van der Waals surface area (Å²) in [6, 6.07) is 9.04. The molecule has 1 aromatic heterocycles. The van der Waals surface area contributed by atoms with E-state index in [0.29, 0.717) is 0 Å². The largest absolute Gasteiger partial charge is 0.308 e. The predicted octanol–water partition coefficient (Wildman–Crippen LogP) is 0.460. The first kappa shape index (κ1) is 14.4. The van der Waals surface area contributed by atoms with E-state index in [1.165, 1.54) is 7.05 Å². The van der Waals surface area contributed by atoms with E-state index in [1.54, 1.807) is 6.07 Å². The molecule has 0 radical (unpaired) electrons. The minimum absolute atomic E-state index is 0.270. The molecule has 0 aliphatic carbocycles. The maximum absolute atomic E-state index is 11.7. The maximum Gasteiger partial charge on any atom is 0.240 e. The van der Waals surface area contributed by atoms with Gasteiger partial charge in [-0.1, -0.05) is 18.2 Å². The highest BCUT2D eigenvalue weighted by Crippen LogP contribution is 2.13. The number of nitrogens with zero attached hydrogens (tertiary/aromatic N) is 3. The van der Waals surface area contributed by atoms with Gasteiger partial charge in [0.25, 0.3) is 0 Å². The third-order valence-electron chi connectivity index (χ3n) is 2.69. The molecule has 20 heavy (non-hydrogen) atoms. The van der Waals surface area contributed by atoms with Crippen LogP contribution >= 0.6 is 0 Å². The summed E-state index contributed by atoms with van der Waals surface area (Å²) in [7, 11) is -2.05. The summed E-state index contributed by atoms with van der Waals surface area (Å²) in [5, 5.41) is 11.2. The van der Waals surface area contributed by atoms with Crippen LogP contribution in [0.25, 0.3) is 10.9 Å². The van der Waals surface area contributed by atoms with Crippen LogP contribution in [0.1, 0.15) is 0 Å². The van der Waals surface area contributed by atoms with Crippen LogP contribution < -0.4 is 5.32 Å². The van der Waals surface area contributed by atoms with Gasteiger partial charge in [-0.15, -0.1) is 10.2 Å². The molecule has 2 rings (SSSR count). The number of benzene rings is 1. The fourth-order valence-electron chi connectivity index (χ4n) is 1.55. The molecule has 0 saturated carbocycles. The van der Waals surface area contributed by atoms with E-state index in [9.17, 15) is 13.2 Å². The van der Waals surface area contributed by atoms with Gasteiger partial charge in [-0.3, -0.25) is 4.79 Å². The summed E-state index contributed by atoms with van der Waals surface area (Å²) in [6.07, 6.45) is 1.04. The minimum atomic E-state index is -3.39. The lowest BCUT2D eigenvalue weighted by Gasteiger charge is -2.13. The normalized spacial score (nSPS) is 11.8. The van der Waals surface area contributed by atoms with Crippen LogP contribution in [-0.2, 0) is 14.8 Å². The lowest BCUT2D eigenvalue weighted by Crippen LogP contribution is -2.34. The zero-order chi connectivity index (χ0) is 14.8. The molecule has 8 heteroatoms. The summed E-state index contributed by atoms with van der Waals surface area (Å²) >= 11 is 0. The summed E-state index contributed by atoms with van der Waals surface area (Å²) < 4.78 is 23.4. The topological polar surface area (TPSA) is 92.3 Å². The third kappa shape index (κ3) is 3.49. The maximum atomic E-state index is 11.7. The average Bonchev–Trinajstić information content (AvgIpc) is 2.37. The number of carbonyl (C=O) groups excluding carboxylic acids is 1. The number of fused-ring (bicyclic) bond motifs is 1. The van der Waals surface area contributed by atoms with Crippen LogP contribution in [0.5, 0.6) is 0 Å². The molecule has 0 atom stereocenters. The average molecular weight is 294 g/mol. The minimum Gasteiger partial charge on any atom is -0.308 e. The fraction of sp³-hybridized carbons (Fsp3) is 0.250. The third-order valence-corrected chi connectivity index (χ3v) is 3.96. The molecule has 1 heterocycles. The smallest absolute Gasteiger partial charge is 0.240 e. The van der Waals surface area contributed by atoms with Gasteiger partial charge in [0.15, 0.2) is 5.82 Å². The van der Waals surface area contributed by atoms with Crippen molar-refractivity contribution in [3.05, 3.63) is 30.3 Å². The van der Waals surface area contributed by atoms with E-state index in [1.807, 2.05) is 24.3 Å². The van der Waals surface area contributed by atoms with Gasteiger partial charge < -0.3 is 5.32 Å². The van der Waals surface area contributed by atoms with Gasteiger partial charge >= 0.3 is 0 Å². The van der Waals surface area contributed by atoms with Crippen molar-refractivity contribution in [2.75, 3.05) is 25.2 Å². The highest BCUT2D eigenvalue weighted by atomic mass is 32.2. The molecule has 0 bridgehead atoms. The standard InChI is InChI=1S/C12H14N4O3S/c1-16(20(2,18)19)8-12(17)13-11-7-9-5-3-4-6-10(9)14-15-11/h3-7H,8H2,1-2H3,(H,13,15,17). The van der Waals surface area contributed by atoms with Gasteiger partial charge in [0, 0.05) is 12.4 Å². The Bertz CT molecular complexity index is 745. The SMILES string of the molecule is CN(CC(=O)Nc1cc2ccccc2nn1)S(C)(=O)=O. The zero-order valence-electron chi connectivity index (χ0n) is 11.1. The molecule has 0 spiro atoms. The van der Waals surface area contributed by atoms with E-state index < -0.39 is 15.9 Å². The Labute approximate surface area is 116 Å². The second-order valence-corrected chi connectivity index (χ2v) is 6.44. The molecular weight excluding hydrogens is 280 g/mol. The van der Waals surface area contributed by atoms with E-state index in [-0.39, 0.29) is 12.4 Å². The number of hydrogen-bond donors (Lipinski definition) is 1. The number of anilines is 1. The van der Waals surface area contributed by atoms with Crippen molar-refractivity contribution < 1.29 is 13.2 Å². The van der Waals surface area contributed by atoms with Crippen molar-refractivity contribution in [3.8, 4) is 0 Å². The quantitative estimate of drug-likeness (QED) is 0.884. The summed E-state index contributed by atoms with van der Waals surface area (Å²) in [6.45, 7) is -0.270. The van der Waals surface area contributed by atoms with Gasteiger partial charge in [-0.05, 0) is 12.1 Å². The van der Waals surface area contributed by atoms with E-state index in [2.05, 4.69) is 15.5 Å². The Balaban J connectivity index is 2.10. The van der Waals surface area contributed by atoms with Crippen molar-refractivity contribution in [2.24, 2.45) is 0 Å². The Hall–Kier alpha value is -2.06. The van der Waals surface area contributed by atoms with Crippen LogP contribution in [0.15, 0.2) is 30.3 Å². The summed E-state index contributed by atoms with van der Waals surface area (Å²) in [5.74, 6) is -0.182. The molecule has 7 nitrogen and oxygen atoms in total. The van der Waals surface area contributed by atoms with Gasteiger partial charge in [0.2, 0.25) is 15.9 Å². The molecule has 0 fully saturated rings. The Kier molecular flexibility index (Phi) is 3.96. The van der Waals surface area contributed by atoms with Gasteiger partial charge in [-0.2, -0.15) is 4.31 Å². The van der Waals surface area contributed by atoms with Gasteiger partial charge in [0.05, 0.1) is 18.3 Å². The first-order chi connectivity index (χ1) is 9.36. The van der Waals surface area contributed by atoms with Crippen LogP contribution in [0.2, 0.25) is 0 Å². The van der Waals surface area contributed by atoms with Crippen molar-refractivity contribution in [3.63, 3.8) is 0 Å². The monoisotopic (exact) mass is 294 g/mol. The van der Waals surface area contributed by atoms with E-state index in [4.69, 9.17) is 0 Å². The van der Waals surface area contributed by atoms with Crippen LogP contribution in [0.3, 0.4) is 0 Å². The first-order valence-electron chi connectivity index (χ1n) is 5.80. The highest BCUT2D eigenvalue weighted by Gasteiger charge is 2.15. The molecule has 1 N–H and O–H groups in total. The first-order valence-corrected chi connectivity index (χ1v) is 7.65.